The topological polar surface area (TPSA) is 41.5 Å². The molecule has 0 radical (unpaired) electrons. The van der Waals surface area contributed by atoms with E-state index in [-0.39, 0.29) is 6.10 Å². The van der Waals surface area contributed by atoms with Crippen molar-refractivity contribution in [3.8, 4) is 0 Å². The van der Waals surface area contributed by atoms with Crippen LogP contribution in [0, 0.1) is 0 Å². The van der Waals surface area contributed by atoms with Crippen molar-refractivity contribution in [2.75, 3.05) is 26.3 Å². The first-order valence-electron chi connectivity index (χ1n) is 11.8. The van der Waals surface area contributed by atoms with Crippen molar-refractivity contribution in [3.63, 3.8) is 0 Å². The van der Waals surface area contributed by atoms with Crippen LogP contribution in [0.1, 0.15) is 117 Å². The molecule has 3 nitrogen and oxygen atoms in total. The van der Waals surface area contributed by atoms with Gasteiger partial charge in [-0.25, -0.2) is 0 Å². The van der Waals surface area contributed by atoms with E-state index in [4.69, 9.17) is 4.74 Å². The predicted molar refractivity (Wildman–Crippen MR) is 115 cm³/mol. The van der Waals surface area contributed by atoms with Crippen LogP contribution in [-0.2, 0) is 4.74 Å². The van der Waals surface area contributed by atoms with E-state index in [0.29, 0.717) is 13.2 Å². The molecule has 0 aromatic rings. The summed E-state index contributed by atoms with van der Waals surface area (Å²) in [5.41, 5.74) is 0. The maximum Gasteiger partial charge on any atom is 0.0897 e. The highest BCUT2D eigenvalue weighted by Gasteiger charge is 2.03. The van der Waals surface area contributed by atoms with Gasteiger partial charge in [0.1, 0.15) is 0 Å². The Balaban J connectivity index is 3.06. The van der Waals surface area contributed by atoms with Gasteiger partial charge < -0.3 is 15.2 Å². The molecule has 0 fully saturated rings. The number of rotatable bonds is 22. The molecule has 0 aliphatic rings. The highest BCUT2D eigenvalue weighted by molar-refractivity contribution is 4.58. The zero-order valence-electron chi connectivity index (χ0n) is 18.1. The molecule has 0 aromatic heterocycles. The third-order valence-corrected chi connectivity index (χ3v) is 5.04. The lowest BCUT2D eigenvalue weighted by molar-refractivity contribution is 0.0360. The number of hydrogen-bond donors (Lipinski definition) is 2. The van der Waals surface area contributed by atoms with Crippen LogP contribution in [0.25, 0.3) is 0 Å². The van der Waals surface area contributed by atoms with Crippen molar-refractivity contribution in [1.82, 2.24) is 5.32 Å². The van der Waals surface area contributed by atoms with Crippen LogP contribution in [0.15, 0.2) is 0 Å². The molecule has 0 saturated heterocycles. The first-order valence-corrected chi connectivity index (χ1v) is 11.8. The Kier molecular flexibility index (Phi) is 22.8. The van der Waals surface area contributed by atoms with Crippen LogP contribution in [0.2, 0.25) is 0 Å². The van der Waals surface area contributed by atoms with Crippen LogP contribution in [0.3, 0.4) is 0 Å². The SMILES string of the molecule is CCCCCCCCCCCCCCCCNCC(O)COCCCC. The molecule has 2 N–H and O–H groups in total. The molecular weight excluding hydrogens is 322 g/mol. The molecule has 0 saturated carbocycles. The van der Waals surface area contributed by atoms with Gasteiger partial charge in [0, 0.05) is 13.2 Å². The highest BCUT2D eigenvalue weighted by atomic mass is 16.5. The molecular formula is C23H49NO2. The van der Waals surface area contributed by atoms with Crippen molar-refractivity contribution in [2.24, 2.45) is 0 Å². The fourth-order valence-corrected chi connectivity index (χ4v) is 3.24. The van der Waals surface area contributed by atoms with Gasteiger partial charge in [-0.1, -0.05) is 104 Å². The molecule has 0 amide bonds. The zero-order chi connectivity index (χ0) is 19.1. The number of nitrogens with one attached hydrogen (secondary N) is 1. The molecule has 3 heteroatoms. The fraction of sp³-hybridized carbons (Fsp3) is 1.00. The molecule has 1 unspecified atom stereocenters. The molecule has 0 aliphatic heterocycles. The van der Waals surface area contributed by atoms with Gasteiger partial charge in [-0.05, 0) is 19.4 Å². The molecule has 0 aromatic carbocycles. The molecule has 26 heavy (non-hydrogen) atoms. The maximum absolute atomic E-state index is 9.78. The Bertz CT molecular complexity index is 248. The first-order chi connectivity index (χ1) is 12.8. The van der Waals surface area contributed by atoms with E-state index < -0.39 is 0 Å². The van der Waals surface area contributed by atoms with Crippen LogP contribution >= 0.6 is 0 Å². The summed E-state index contributed by atoms with van der Waals surface area (Å²) in [4.78, 5) is 0. The minimum Gasteiger partial charge on any atom is -0.389 e. The highest BCUT2D eigenvalue weighted by Crippen LogP contribution is 2.12. The average Bonchev–Trinajstić information content (AvgIpc) is 2.65. The van der Waals surface area contributed by atoms with Crippen molar-refractivity contribution >= 4 is 0 Å². The van der Waals surface area contributed by atoms with E-state index in [1.54, 1.807) is 0 Å². The Morgan fingerprint density at radius 1 is 0.654 bits per heavy atom. The monoisotopic (exact) mass is 371 g/mol. The molecule has 1 atom stereocenters. The van der Waals surface area contributed by atoms with Crippen molar-refractivity contribution < 1.29 is 9.84 Å². The summed E-state index contributed by atoms with van der Waals surface area (Å²) in [7, 11) is 0. The van der Waals surface area contributed by atoms with E-state index >= 15 is 0 Å². The number of ether oxygens (including phenoxy) is 1. The minimum absolute atomic E-state index is 0.362. The third kappa shape index (κ3) is 21.9. The van der Waals surface area contributed by atoms with Crippen LogP contribution in [0.4, 0.5) is 0 Å². The average molecular weight is 372 g/mol. The molecule has 158 valence electrons. The first kappa shape index (κ1) is 25.9. The smallest absolute Gasteiger partial charge is 0.0897 e. The van der Waals surface area contributed by atoms with Crippen LogP contribution in [0.5, 0.6) is 0 Å². The summed E-state index contributed by atoms with van der Waals surface area (Å²) in [6.45, 7) is 7.34. The van der Waals surface area contributed by atoms with Gasteiger partial charge in [0.25, 0.3) is 0 Å². The summed E-state index contributed by atoms with van der Waals surface area (Å²) in [5.74, 6) is 0. The minimum atomic E-state index is -0.362. The number of unbranched alkanes of at least 4 members (excludes halogenated alkanes) is 14. The van der Waals surface area contributed by atoms with Crippen molar-refractivity contribution in [3.05, 3.63) is 0 Å². The normalized spacial score (nSPS) is 12.6. The Morgan fingerprint density at radius 2 is 1.12 bits per heavy atom. The lowest BCUT2D eigenvalue weighted by Crippen LogP contribution is -2.31. The summed E-state index contributed by atoms with van der Waals surface area (Å²) in [5, 5.41) is 13.1. The van der Waals surface area contributed by atoms with Crippen molar-refractivity contribution in [2.45, 2.75) is 123 Å². The Hall–Kier alpha value is -0.120. The van der Waals surface area contributed by atoms with Crippen LogP contribution in [-0.4, -0.2) is 37.5 Å². The largest absolute Gasteiger partial charge is 0.389 e. The van der Waals surface area contributed by atoms with Gasteiger partial charge in [0.2, 0.25) is 0 Å². The number of aliphatic hydroxyl groups is 1. The van der Waals surface area contributed by atoms with E-state index in [0.717, 1.165) is 26.0 Å². The quantitative estimate of drug-likeness (QED) is 0.221. The van der Waals surface area contributed by atoms with Crippen LogP contribution < -0.4 is 5.32 Å². The van der Waals surface area contributed by atoms with E-state index in [9.17, 15) is 5.11 Å². The van der Waals surface area contributed by atoms with Gasteiger partial charge >= 0.3 is 0 Å². The maximum atomic E-state index is 9.78. The van der Waals surface area contributed by atoms with E-state index in [1.807, 2.05) is 0 Å². The number of hydrogen-bond acceptors (Lipinski definition) is 3. The molecule has 0 rings (SSSR count). The molecule has 0 aliphatic carbocycles. The van der Waals surface area contributed by atoms with E-state index in [1.165, 1.54) is 89.9 Å². The third-order valence-electron chi connectivity index (χ3n) is 5.04. The zero-order valence-corrected chi connectivity index (χ0v) is 18.1. The van der Waals surface area contributed by atoms with Gasteiger partial charge in [0.15, 0.2) is 0 Å². The lowest BCUT2D eigenvalue weighted by atomic mass is 10.0. The summed E-state index contributed by atoms with van der Waals surface area (Å²) < 4.78 is 5.43. The lowest BCUT2D eigenvalue weighted by Gasteiger charge is -2.12. The predicted octanol–water partition coefficient (Wildman–Crippen LogP) is 6.23. The second kappa shape index (κ2) is 22.9. The van der Waals surface area contributed by atoms with Gasteiger partial charge in [-0.3, -0.25) is 0 Å². The second-order valence-electron chi connectivity index (χ2n) is 7.88. The van der Waals surface area contributed by atoms with E-state index in [2.05, 4.69) is 19.2 Å². The summed E-state index contributed by atoms with van der Waals surface area (Å²) >= 11 is 0. The standard InChI is InChI=1S/C23H49NO2/c1-3-5-7-8-9-10-11-12-13-14-15-16-17-18-19-24-21-23(25)22-26-20-6-4-2/h23-25H,3-22H2,1-2H3. The van der Waals surface area contributed by atoms with Crippen molar-refractivity contribution in [1.29, 1.82) is 0 Å². The summed E-state index contributed by atoms with van der Waals surface area (Å²) in [6, 6.07) is 0. The molecule has 0 bridgehead atoms. The van der Waals surface area contributed by atoms with Gasteiger partial charge in [0.05, 0.1) is 12.7 Å². The van der Waals surface area contributed by atoms with Gasteiger partial charge in [-0.15, -0.1) is 0 Å². The number of aliphatic hydroxyl groups excluding tert-OH is 1. The molecule has 0 heterocycles. The second-order valence-corrected chi connectivity index (χ2v) is 7.88. The summed E-state index contributed by atoms with van der Waals surface area (Å²) in [6.07, 6.45) is 21.4. The Morgan fingerprint density at radius 3 is 1.62 bits per heavy atom. The Labute approximate surface area is 164 Å². The molecule has 0 spiro atoms. The van der Waals surface area contributed by atoms with Gasteiger partial charge in [-0.2, -0.15) is 0 Å². The fourth-order valence-electron chi connectivity index (χ4n) is 3.24.